The van der Waals surface area contributed by atoms with E-state index in [2.05, 4.69) is 0 Å². The molecule has 0 aliphatic rings. The van der Waals surface area contributed by atoms with Crippen molar-refractivity contribution in [2.45, 2.75) is 18.7 Å². The Kier molecular flexibility index (Phi) is 2.54. The van der Waals surface area contributed by atoms with Gasteiger partial charge < -0.3 is 5.11 Å². The van der Waals surface area contributed by atoms with Crippen LogP contribution in [0, 0.1) is 13.8 Å². The molecule has 0 atom stereocenters. The number of hydrogen-bond acceptors (Lipinski definition) is 3. The number of halogens is 1. The summed E-state index contributed by atoms with van der Waals surface area (Å²) in [5.74, 6) is -0.299. The van der Waals surface area contributed by atoms with Gasteiger partial charge in [-0.05, 0) is 31.0 Å². The summed E-state index contributed by atoms with van der Waals surface area (Å²) < 4.78 is 22.0. The molecule has 0 heterocycles. The molecule has 0 saturated heterocycles. The summed E-state index contributed by atoms with van der Waals surface area (Å²) in [6.07, 6.45) is 0. The van der Waals surface area contributed by atoms with Gasteiger partial charge in [-0.2, -0.15) is 0 Å². The van der Waals surface area contributed by atoms with Gasteiger partial charge in [-0.25, -0.2) is 8.42 Å². The van der Waals surface area contributed by atoms with Gasteiger partial charge in [0.2, 0.25) is 0 Å². The van der Waals surface area contributed by atoms with Gasteiger partial charge in [0.15, 0.2) is 0 Å². The molecule has 0 unspecified atom stereocenters. The molecule has 1 aromatic carbocycles. The van der Waals surface area contributed by atoms with E-state index in [9.17, 15) is 13.5 Å². The highest BCUT2D eigenvalue weighted by molar-refractivity contribution is 8.13. The minimum absolute atomic E-state index is 0.209. The zero-order valence-corrected chi connectivity index (χ0v) is 8.78. The van der Waals surface area contributed by atoms with Crippen LogP contribution < -0.4 is 0 Å². The normalized spacial score (nSPS) is 11.6. The predicted octanol–water partition coefficient (Wildman–Crippen LogP) is 1.94. The Balaban J connectivity index is 3.57. The van der Waals surface area contributed by atoms with Crippen molar-refractivity contribution in [2.24, 2.45) is 0 Å². The topological polar surface area (TPSA) is 54.4 Å². The molecule has 72 valence electrons. The summed E-state index contributed by atoms with van der Waals surface area (Å²) >= 11 is 0. The van der Waals surface area contributed by atoms with Gasteiger partial charge in [-0.3, -0.25) is 0 Å². The van der Waals surface area contributed by atoms with Crippen molar-refractivity contribution in [1.29, 1.82) is 0 Å². The number of rotatable bonds is 1. The quantitative estimate of drug-likeness (QED) is 0.736. The standard InChI is InChI=1S/C8H9ClO3S/c1-5-3-6(2)8(7(10)4-5)13(9,11)12/h3-4,10H,1-2H3. The Bertz CT molecular complexity index is 414. The van der Waals surface area contributed by atoms with Crippen molar-refractivity contribution in [3.05, 3.63) is 23.3 Å². The molecule has 5 heteroatoms. The summed E-state index contributed by atoms with van der Waals surface area (Å²) in [7, 11) is 1.27. The third kappa shape index (κ3) is 2.14. The fourth-order valence-corrected chi connectivity index (χ4v) is 2.60. The maximum absolute atomic E-state index is 11.0. The number of benzene rings is 1. The molecule has 0 amide bonds. The Morgan fingerprint density at radius 3 is 2.23 bits per heavy atom. The highest BCUT2D eigenvalue weighted by atomic mass is 35.7. The lowest BCUT2D eigenvalue weighted by Gasteiger charge is -2.05. The van der Waals surface area contributed by atoms with E-state index in [0.717, 1.165) is 5.56 Å². The zero-order valence-electron chi connectivity index (χ0n) is 7.20. The number of phenols is 1. The molecular formula is C8H9ClO3S. The van der Waals surface area contributed by atoms with Gasteiger partial charge in [-0.15, -0.1) is 0 Å². The number of phenolic OH excluding ortho intramolecular Hbond substituents is 1. The molecule has 1 aromatic rings. The first-order valence-corrected chi connectivity index (χ1v) is 5.88. The Hall–Kier alpha value is -0.740. The largest absolute Gasteiger partial charge is 0.507 e. The summed E-state index contributed by atoms with van der Waals surface area (Å²) in [6.45, 7) is 3.35. The lowest BCUT2D eigenvalue weighted by Crippen LogP contribution is -1.95. The van der Waals surface area contributed by atoms with Crippen LogP contribution >= 0.6 is 10.7 Å². The number of hydrogen-bond donors (Lipinski definition) is 1. The first kappa shape index (κ1) is 10.3. The Labute approximate surface area is 81.4 Å². The predicted molar refractivity (Wildman–Crippen MR) is 50.6 cm³/mol. The van der Waals surface area contributed by atoms with E-state index in [1.807, 2.05) is 0 Å². The third-order valence-corrected chi connectivity index (χ3v) is 3.12. The van der Waals surface area contributed by atoms with Gasteiger partial charge >= 0.3 is 0 Å². The SMILES string of the molecule is Cc1cc(C)c(S(=O)(=O)Cl)c(O)c1. The second-order valence-corrected chi connectivity index (χ2v) is 5.37. The highest BCUT2D eigenvalue weighted by Gasteiger charge is 2.18. The molecule has 0 fully saturated rings. The van der Waals surface area contributed by atoms with Gasteiger partial charge in [0.1, 0.15) is 10.6 Å². The summed E-state index contributed by atoms with van der Waals surface area (Å²) in [6, 6.07) is 3.01. The average Bonchev–Trinajstić information content (AvgIpc) is 1.78. The maximum atomic E-state index is 11.0. The minimum Gasteiger partial charge on any atom is -0.507 e. The molecule has 0 saturated carbocycles. The van der Waals surface area contributed by atoms with Gasteiger partial charge in [0.05, 0.1) is 0 Å². The fraction of sp³-hybridized carbons (Fsp3) is 0.250. The van der Waals surface area contributed by atoms with Crippen LogP contribution in [0.1, 0.15) is 11.1 Å². The second kappa shape index (κ2) is 3.20. The Morgan fingerprint density at radius 1 is 1.31 bits per heavy atom. The molecular weight excluding hydrogens is 212 g/mol. The van der Waals surface area contributed by atoms with Crippen LogP contribution in [-0.4, -0.2) is 13.5 Å². The molecule has 0 aliphatic heterocycles. The zero-order chi connectivity index (χ0) is 10.2. The molecule has 1 rings (SSSR count). The third-order valence-electron chi connectivity index (χ3n) is 1.64. The van der Waals surface area contributed by atoms with Crippen molar-refractivity contribution in [1.82, 2.24) is 0 Å². The van der Waals surface area contributed by atoms with Crippen LogP contribution in [-0.2, 0) is 9.05 Å². The van der Waals surface area contributed by atoms with Crippen LogP contribution in [0.25, 0.3) is 0 Å². The summed E-state index contributed by atoms with van der Waals surface area (Å²) in [5.41, 5.74) is 1.24. The lowest BCUT2D eigenvalue weighted by molar-refractivity contribution is 0.458. The molecule has 0 bridgehead atoms. The van der Waals surface area contributed by atoms with Crippen LogP contribution in [0.5, 0.6) is 5.75 Å². The van der Waals surface area contributed by atoms with E-state index in [1.54, 1.807) is 19.9 Å². The molecule has 0 spiro atoms. The van der Waals surface area contributed by atoms with Gasteiger partial charge in [-0.1, -0.05) is 6.07 Å². The average molecular weight is 221 g/mol. The molecule has 1 N–H and O–H groups in total. The minimum atomic E-state index is -3.86. The van der Waals surface area contributed by atoms with Gasteiger partial charge in [0.25, 0.3) is 9.05 Å². The Morgan fingerprint density at radius 2 is 1.85 bits per heavy atom. The van der Waals surface area contributed by atoms with E-state index in [-0.39, 0.29) is 10.6 Å². The van der Waals surface area contributed by atoms with Crippen LogP contribution in [0.4, 0.5) is 0 Å². The molecule has 13 heavy (non-hydrogen) atoms. The van der Waals surface area contributed by atoms with Crippen molar-refractivity contribution >= 4 is 19.7 Å². The molecule has 0 radical (unpaired) electrons. The number of aromatic hydroxyl groups is 1. The number of aryl methyl sites for hydroxylation is 2. The van der Waals surface area contributed by atoms with E-state index in [1.165, 1.54) is 6.07 Å². The van der Waals surface area contributed by atoms with Crippen molar-refractivity contribution < 1.29 is 13.5 Å². The highest BCUT2D eigenvalue weighted by Crippen LogP contribution is 2.30. The fourth-order valence-electron chi connectivity index (χ4n) is 1.25. The van der Waals surface area contributed by atoms with Crippen LogP contribution in [0.15, 0.2) is 17.0 Å². The maximum Gasteiger partial charge on any atom is 0.265 e. The molecule has 0 aliphatic carbocycles. The lowest BCUT2D eigenvalue weighted by atomic mass is 10.1. The van der Waals surface area contributed by atoms with Crippen LogP contribution in [0.2, 0.25) is 0 Å². The summed E-state index contributed by atoms with van der Waals surface area (Å²) in [4.78, 5) is -0.209. The van der Waals surface area contributed by atoms with Crippen LogP contribution in [0.3, 0.4) is 0 Å². The van der Waals surface area contributed by atoms with E-state index >= 15 is 0 Å². The van der Waals surface area contributed by atoms with Crippen molar-refractivity contribution in [3.8, 4) is 5.75 Å². The van der Waals surface area contributed by atoms with Crippen molar-refractivity contribution in [2.75, 3.05) is 0 Å². The van der Waals surface area contributed by atoms with Crippen molar-refractivity contribution in [3.63, 3.8) is 0 Å². The molecule has 0 aromatic heterocycles. The second-order valence-electron chi connectivity index (χ2n) is 2.87. The first-order valence-electron chi connectivity index (χ1n) is 3.57. The summed E-state index contributed by atoms with van der Waals surface area (Å²) in [5, 5.41) is 9.34. The first-order chi connectivity index (χ1) is 5.82. The van der Waals surface area contributed by atoms with E-state index < -0.39 is 9.05 Å². The smallest absolute Gasteiger partial charge is 0.265 e. The molecule has 3 nitrogen and oxygen atoms in total. The van der Waals surface area contributed by atoms with Gasteiger partial charge in [0, 0.05) is 10.7 Å². The van der Waals surface area contributed by atoms with E-state index in [0.29, 0.717) is 5.56 Å². The monoisotopic (exact) mass is 220 g/mol. The van der Waals surface area contributed by atoms with E-state index in [4.69, 9.17) is 10.7 Å².